The van der Waals surface area contributed by atoms with Gasteiger partial charge in [0.15, 0.2) is 0 Å². The summed E-state index contributed by atoms with van der Waals surface area (Å²) in [6.07, 6.45) is 5.26. The van der Waals surface area contributed by atoms with E-state index >= 15 is 0 Å². The van der Waals surface area contributed by atoms with Gasteiger partial charge in [0.25, 0.3) is 0 Å². The Morgan fingerprint density at radius 2 is 1.73 bits per heavy atom. The zero-order chi connectivity index (χ0) is 8.65. The molecule has 1 saturated heterocycles. The van der Waals surface area contributed by atoms with E-state index in [0.29, 0.717) is 0 Å². The summed E-state index contributed by atoms with van der Waals surface area (Å²) in [4.78, 5) is 13.9. The molecule has 1 N–H and O–H groups in total. The minimum atomic E-state index is 0. The Labute approximate surface area is 132 Å². The Hall–Kier alpha value is 0.460. The molecule has 1 amide bonds. The van der Waals surface area contributed by atoms with E-state index < -0.39 is 0 Å². The molecular weight excluding hydrogens is 263 g/mol. The van der Waals surface area contributed by atoms with Crippen molar-refractivity contribution in [3.63, 3.8) is 0 Å². The Morgan fingerprint density at radius 3 is 1.87 bits per heavy atom. The van der Waals surface area contributed by atoms with E-state index in [1.807, 2.05) is 18.2 Å². The fraction of sp³-hybridized carbons (Fsp3) is 0.333. The van der Waals surface area contributed by atoms with Crippen LogP contribution in [0.5, 0.6) is 0 Å². The minimum Gasteiger partial charge on any atom is -1.00 e. The van der Waals surface area contributed by atoms with Gasteiger partial charge in [-0.05, 0) is 18.6 Å². The van der Waals surface area contributed by atoms with Crippen LogP contribution in [0.2, 0.25) is 0 Å². The fourth-order valence-electron chi connectivity index (χ4n) is 0.878. The van der Waals surface area contributed by atoms with Gasteiger partial charge in [0.2, 0.25) is 5.91 Å². The predicted molar refractivity (Wildman–Crippen MR) is 52.2 cm³/mol. The average molecular weight is 275 g/mol. The van der Waals surface area contributed by atoms with Crippen molar-refractivity contribution >= 4 is 43.6 Å². The number of hydrogen-bond donors (Lipinski definition) is 1. The van der Waals surface area contributed by atoms with Crippen molar-refractivity contribution in [2.24, 2.45) is 0 Å². The Bertz CT molecular complexity index is 202. The van der Waals surface area contributed by atoms with Gasteiger partial charge >= 0.3 is 37.7 Å². The van der Waals surface area contributed by atoms with Crippen LogP contribution in [-0.2, 0) is 4.79 Å². The normalized spacial score (nSPS) is 11.6. The second-order valence-corrected chi connectivity index (χ2v) is 2.48. The molecule has 0 aliphatic carbocycles. The number of aromatic nitrogens is 1. The summed E-state index contributed by atoms with van der Waals surface area (Å²) in [5.74, 6) is 0.204. The first kappa shape index (κ1) is 20.8. The van der Waals surface area contributed by atoms with Crippen LogP contribution in [-0.4, -0.2) is 55.2 Å². The molecule has 2 rings (SSSR count). The molecule has 0 atom stereocenters. The Balaban J connectivity index is -0.000000160. The molecule has 0 unspecified atom stereocenters. The maximum absolute atomic E-state index is 10.1. The largest absolute Gasteiger partial charge is 2.00 e. The molecular formula is C9H12CaCl2N2O. The molecule has 1 aromatic heterocycles. The summed E-state index contributed by atoms with van der Waals surface area (Å²) >= 11 is 0. The van der Waals surface area contributed by atoms with Gasteiger partial charge in [-0.15, -0.1) is 0 Å². The minimum absolute atomic E-state index is 0. The smallest absolute Gasteiger partial charge is 1.00 e. The van der Waals surface area contributed by atoms with Crippen LogP contribution >= 0.6 is 0 Å². The number of pyridine rings is 1. The van der Waals surface area contributed by atoms with Crippen LogP contribution in [0.3, 0.4) is 0 Å². The van der Waals surface area contributed by atoms with Gasteiger partial charge in [0.05, 0.1) is 0 Å². The monoisotopic (exact) mass is 274 g/mol. The molecule has 1 aliphatic rings. The van der Waals surface area contributed by atoms with E-state index in [9.17, 15) is 4.79 Å². The number of halogens is 2. The van der Waals surface area contributed by atoms with Gasteiger partial charge in [-0.25, -0.2) is 0 Å². The van der Waals surface area contributed by atoms with Gasteiger partial charge in [0, 0.05) is 25.4 Å². The van der Waals surface area contributed by atoms with Crippen molar-refractivity contribution in [2.75, 3.05) is 6.54 Å². The molecule has 1 aliphatic heterocycles. The van der Waals surface area contributed by atoms with Crippen LogP contribution < -0.4 is 30.1 Å². The van der Waals surface area contributed by atoms with Crippen molar-refractivity contribution in [3.05, 3.63) is 30.6 Å². The maximum Gasteiger partial charge on any atom is 2.00 e. The van der Waals surface area contributed by atoms with Crippen molar-refractivity contribution in [3.8, 4) is 0 Å². The number of rotatable bonds is 0. The molecule has 6 heteroatoms. The molecule has 80 valence electrons. The van der Waals surface area contributed by atoms with Crippen LogP contribution in [0.15, 0.2) is 30.6 Å². The zero-order valence-corrected chi connectivity index (χ0v) is 12.0. The summed E-state index contributed by atoms with van der Waals surface area (Å²) in [6, 6.07) is 5.72. The van der Waals surface area contributed by atoms with Crippen molar-refractivity contribution < 1.29 is 29.6 Å². The second kappa shape index (κ2) is 14.5. The Kier molecular flexibility index (Phi) is 20.1. The van der Waals surface area contributed by atoms with Gasteiger partial charge in [-0.3, -0.25) is 9.78 Å². The van der Waals surface area contributed by atoms with Gasteiger partial charge in [-0.1, -0.05) is 6.07 Å². The molecule has 0 radical (unpaired) electrons. The van der Waals surface area contributed by atoms with Crippen LogP contribution in [0.25, 0.3) is 0 Å². The molecule has 3 nitrogen and oxygen atoms in total. The number of amides is 1. The summed E-state index contributed by atoms with van der Waals surface area (Å²) < 4.78 is 0. The van der Waals surface area contributed by atoms with E-state index in [1.54, 1.807) is 12.4 Å². The second-order valence-electron chi connectivity index (χ2n) is 2.48. The summed E-state index contributed by atoms with van der Waals surface area (Å²) in [5, 5.41) is 2.68. The van der Waals surface area contributed by atoms with E-state index in [2.05, 4.69) is 10.3 Å². The van der Waals surface area contributed by atoms with Gasteiger partial charge < -0.3 is 30.1 Å². The summed E-state index contributed by atoms with van der Waals surface area (Å²) in [7, 11) is 0. The molecule has 0 saturated carbocycles. The predicted octanol–water partition coefficient (Wildman–Crippen LogP) is -5.39. The molecule has 0 spiro atoms. The summed E-state index contributed by atoms with van der Waals surface area (Å²) in [6.45, 7) is 0.888. The molecule has 2 heterocycles. The van der Waals surface area contributed by atoms with E-state index in [1.165, 1.54) is 0 Å². The SMILES string of the molecule is O=C1CCCN1.[Ca+2].[Cl-].[Cl-].c1ccncc1. The molecule has 15 heavy (non-hydrogen) atoms. The van der Waals surface area contributed by atoms with E-state index in [4.69, 9.17) is 0 Å². The molecule has 0 aromatic carbocycles. The maximum atomic E-state index is 10.1. The van der Waals surface area contributed by atoms with Gasteiger partial charge in [-0.2, -0.15) is 0 Å². The van der Waals surface area contributed by atoms with Crippen molar-refractivity contribution in [1.29, 1.82) is 0 Å². The number of carbonyl (C=O) groups excluding carboxylic acids is 1. The first-order valence-corrected chi connectivity index (χ1v) is 4.01. The third-order valence-corrected chi connectivity index (χ3v) is 1.47. The molecule has 1 fully saturated rings. The topological polar surface area (TPSA) is 42.0 Å². The van der Waals surface area contributed by atoms with E-state index in [-0.39, 0.29) is 68.5 Å². The van der Waals surface area contributed by atoms with Crippen LogP contribution in [0, 0.1) is 0 Å². The average Bonchev–Trinajstić information content (AvgIpc) is 2.60. The first-order chi connectivity index (χ1) is 5.89. The summed E-state index contributed by atoms with van der Waals surface area (Å²) in [5.41, 5.74) is 0. The zero-order valence-electron chi connectivity index (χ0n) is 8.33. The Morgan fingerprint density at radius 1 is 1.13 bits per heavy atom. The van der Waals surface area contributed by atoms with Crippen molar-refractivity contribution in [2.45, 2.75) is 12.8 Å². The number of carbonyl (C=O) groups is 1. The number of nitrogens with one attached hydrogen (secondary N) is 1. The fourth-order valence-corrected chi connectivity index (χ4v) is 0.878. The standard InChI is InChI=1S/C5H5N.C4H7NO.Ca.2ClH/c1-2-4-6-5-3-1;6-4-2-1-3-5-4;;;/h1-5H;1-3H2,(H,5,6);;2*1H/q;;+2;;/p-2. The number of nitrogens with zero attached hydrogens (tertiary/aromatic N) is 1. The quantitative estimate of drug-likeness (QED) is 0.480. The van der Waals surface area contributed by atoms with Crippen molar-refractivity contribution in [1.82, 2.24) is 10.3 Å². The molecule has 0 bridgehead atoms. The first-order valence-electron chi connectivity index (χ1n) is 4.01. The number of hydrogen-bond acceptors (Lipinski definition) is 2. The molecule has 1 aromatic rings. The van der Waals surface area contributed by atoms with E-state index in [0.717, 1.165) is 19.4 Å². The van der Waals surface area contributed by atoms with Crippen LogP contribution in [0.4, 0.5) is 0 Å². The third kappa shape index (κ3) is 12.4. The third-order valence-electron chi connectivity index (χ3n) is 1.47. The van der Waals surface area contributed by atoms with Crippen LogP contribution in [0.1, 0.15) is 12.8 Å². The van der Waals surface area contributed by atoms with Gasteiger partial charge in [0.1, 0.15) is 0 Å².